The van der Waals surface area contributed by atoms with E-state index in [-0.39, 0.29) is 30.2 Å². The molecule has 0 aromatic heterocycles. The van der Waals surface area contributed by atoms with Crippen molar-refractivity contribution < 1.29 is 22.7 Å². The van der Waals surface area contributed by atoms with Gasteiger partial charge in [0, 0.05) is 30.5 Å². The summed E-state index contributed by atoms with van der Waals surface area (Å²) in [5.41, 5.74) is 2.38. The molecule has 1 fully saturated rings. The van der Waals surface area contributed by atoms with Crippen molar-refractivity contribution in [3.8, 4) is 0 Å². The molecule has 0 bridgehead atoms. The van der Waals surface area contributed by atoms with Gasteiger partial charge in [-0.05, 0) is 75.8 Å². The third-order valence-electron chi connectivity index (χ3n) is 6.09. The molecule has 34 heavy (non-hydrogen) atoms. The van der Waals surface area contributed by atoms with Crippen molar-refractivity contribution in [2.24, 2.45) is 0 Å². The summed E-state index contributed by atoms with van der Waals surface area (Å²) in [6.45, 7) is 4.89. The lowest BCUT2D eigenvalue weighted by atomic mass is 9.92. The van der Waals surface area contributed by atoms with E-state index in [0.717, 1.165) is 44.3 Å². The van der Waals surface area contributed by atoms with Gasteiger partial charge in [0.2, 0.25) is 5.91 Å². The number of hydrogen-bond donors (Lipinski definition) is 3. The average Bonchev–Trinajstić information content (AvgIpc) is 2.80. The van der Waals surface area contributed by atoms with E-state index in [1.165, 1.54) is 24.6 Å². The summed E-state index contributed by atoms with van der Waals surface area (Å²) in [5, 5.41) is 9.41. The van der Waals surface area contributed by atoms with E-state index in [9.17, 15) is 18.0 Å². The van der Waals surface area contributed by atoms with Gasteiger partial charge in [-0.15, -0.1) is 0 Å². The molecule has 5 nitrogen and oxygen atoms in total. The monoisotopic (exact) mass is 477 g/mol. The molecule has 2 aromatic rings. The molecule has 2 aromatic carbocycles. The van der Waals surface area contributed by atoms with Gasteiger partial charge in [-0.2, -0.15) is 13.2 Å². The average molecular weight is 478 g/mol. The highest BCUT2D eigenvalue weighted by atomic mass is 19.4. The Balaban J connectivity index is 1.29. The van der Waals surface area contributed by atoms with Gasteiger partial charge in [-0.3, -0.25) is 4.79 Å². The lowest BCUT2D eigenvalue weighted by Crippen LogP contribution is -2.34. The largest absolute Gasteiger partial charge is 0.416 e. The van der Waals surface area contributed by atoms with Gasteiger partial charge in [0.15, 0.2) is 0 Å². The van der Waals surface area contributed by atoms with E-state index in [2.05, 4.69) is 28.1 Å². The van der Waals surface area contributed by atoms with Crippen LogP contribution in [0.25, 0.3) is 0 Å². The van der Waals surface area contributed by atoms with Crippen LogP contribution in [0.1, 0.15) is 48.8 Å². The fraction of sp³-hybridized carbons (Fsp3) is 0.500. The quantitative estimate of drug-likeness (QED) is 0.385. The van der Waals surface area contributed by atoms with Crippen molar-refractivity contribution in [1.82, 2.24) is 5.32 Å². The number of aryl methyl sites for hydroxylation is 2. The Bertz CT molecular complexity index is 924. The number of benzene rings is 2. The molecule has 0 atom stereocenters. The molecular weight excluding hydrogens is 443 g/mol. The van der Waals surface area contributed by atoms with Crippen molar-refractivity contribution in [3.05, 3.63) is 59.2 Å². The van der Waals surface area contributed by atoms with E-state index >= 15 is 0 Å². The summed E-state index contributed by atoms with van der Waals surface area (Å²) in [5.74, 6) is -0.130. The number of hydrogen-bond acceptors (Lipinski definition) is 4. The number of nitrogens with one attached hydrogen (secondary N) is 3. The first kappa shape index (κ1) is 25.9. The standard InChI is InChI=1S/C26H34F3N3O2/c1-18-4-7-20(8-5-18)30-14-3-15-31-25(33)17-34-23-12-10-21(11-13-23)32-22-9-6-19(2)24(16-22)26(27,28)29/h4-9,16,21,23,30,32H,3,10-15,17H2,1-2H3,(H,31,33). The Morgan fingerprint density at radius 3 is 2.32 bits per heavy atom. The molecule has 0 aliphatic heterocycles. The van der Waals surface area contributed by atoms with Crippen molar-refractivity contribution in [1.29, 1.82) is 0 Å². The van der Waals surface area contributed by atoms with Crippen LogP contribution in [-0.4, -0.2) is 37.7 Å². The Hall–Kier alpha value is -2.74. The highest BCUT2D eigenvalue weighted by Gasteiger charge is 2.32. The Morgan fingerprint density at radius 2 is 1.65 bits per heavy atom. The topological polar surface area (TPSA) is 62.4 Å². The summed E-state index contributed by atoms with van der Waals surface area (Å²) in [6, 6.07) is 12.6. The van der Waals surface area contributed by atoms with Crippen LogP contribution in [0.5, 0.6) is 0 Å². The lowest BCUT2D eigenvalue weighted by molar-refractivity contribution is -0.138. The van der Waals surface area contributed by atoms with Gasteiger partial charge in [-0.1, -0.05) is 23.8 Å². The maximum Gasteiger partial charge on any atom is 0.416 e. The van der Waals surface area contributed by atoms with E-state index in [0.29, 0.717) is 12.2 Å². The first-order valence-corrected chi connectivity index (χ1v) is 11.8. The van der Waals surface area contributed by atoms with E-state index < -0.39 is 11.7 Å². The highest BCUT2D eigenvalue weighted by molar-refractivity contribution is 5.77. The molecule has 3 N–H and O–H groups in total. The van der Waals surface area contributed by atoms with Gasteiger partial charge in [-0.25, -0.2) is 0 Å². The number of anilines is 2. The minimum absolute atomic E-state index is 0.00393. The van der Waals surface area contributed by atoms with E-state index in [4.69, 9.17) is 4.74 Å². The molecule has 0 unspecified atom stereocenters. The summed E-state index contributed by atoms with van der Waals surface area (Å²) >= 11 is 0. The van der Waals surface area contributed by atoms with Gasteiger partial charge >= 0.3 is 6.18 Å². The normalized spacial score (nSPS) is 18.4. The van der Waals surface area contributed by atoms with Gasteiger partial charge in [0.25, 0.3) is 0 Å². The van der Waals surface area contributed by atoms with Gasteiger partial charge < -0.3 is 20.7 Å². The van der Waals surface area contributed by atoms with Crippen LogP contribution >= 0.6 is 0 Å². The summed E-state index contributed by atoms with van der Waals surface area (Å²) in [7, 11) is 0. The summed E-state index contributed by atoms with van der Waals surface area (Å²) < 4.78 is 45.1. The molecule has 1 aliphatic carbocycles. The maximum atomic E-state index is 13.1. The minimum atomic E-state index is -4.36. The van der Waals surface area contributed by atoms with Crippen molar-refractivity contribution in [3.63, 3.8) is 0 Å². The summed E-state index contributed by atoms with van der Waals surface area (Å²) in [6.07, 6.45) is -0.446. The molecule has 1 amide bonds. The van der Waals surface area contributed by atoms with E-state index in [1.807, 2.05) is 19.1 Å². The van der Waals surface area contributed by atoms with Crippen LogP contribution in [0, 0.1) is 13.8 Å². The molecule has 8 heteroatoms. The molecule has 186 valence electrons. The van der Waals surface area contributed by atoms with Crippen molar-refractivity contribution >= 4 is 17.3 Å². The lowest BCUT2D eigenvalue weighted by Gasteiger charge is -2.30. The minimum Gasteiger partial charge on any atom is -0.385 e. The Morgan fingerprint density at radius 1 is 0.971 bits per heavy atom. The predicted octanol–water partition coefficient (Wildman–Crippen LogP) is 5.68. The summed E-state index contributed by atoms with van der Waals surface area (Å²) in [4.78, 5) is 12.0. The molecular formula is C26H34F3N3O2. The van der Waals surface area contributed by atoms with Crippen LogP contribution in [0.2, 0.25) is 0 Å². The van der Waals surface area contributed by atoms with Crippen LogP contribution in [0.3, 0.4) is 0 Å². The third-order valence-corrected chi connectivity index (χ3v) is 6.09. The Labute approximate surface area is 199 Å². The van der Waals surface area contributed by atoms with Crippen molar-refractivity contribution in [2.75, 3.05) is 30.3 Å². The zero-order valence-electron chi connectivity index (χ0n) is 19.8. The number of ether oxygens (including phenoxy) is 1. The van der Waals surface area contributed by atoms with Gasteiger partial charge in [0.1, 0.15) is 6.61 Å². The number of carbonyl (C=O) groups excluding carboxylic acids is 1. The van der Waals surface area contributed by atoms with Gasteiger partial charge in [0.05, 0.1) is 11.7 Å². The number of halogens is 3. The fourth-order valence-corrected chi connectivity index (χ4v) is 4.09. The predicted molar refractivity (Wildman–Crippen MR) is 129 cm³/mol. The molecule has 0 radical (unpaired) electrons. The molecule has 3 rings (SSSR count). The number of carbonyl (C=O) groups is 1. The highest BCUT2D eigenvalue weighted by Crippen LogP contribution is 2.34. The molecule has 1 aliphatic rings. The number of amides is 1. The second-order valence-corrected chi connectivity index (χ2v) is 8.95. The molecule has 1 saturated carbocycles. The molecule has 0 spiro atoms. The van der Waals surface area contributed by atoms with Crippen LogP contribution < -0.4 is 16.0 Å². The van der Waals surface area contributed by atoms with Crippen molar-refractivity contribution in [2.45, 2.75) is 64.3 Å². The molecule has 0 saturated heterocycles. The van der Waals surface area contributed by atoms with Crippen LogP contribution in [0.15, 0.2) is 42.5 Å². The first-order chi connectivity index (χ1) is 16.2. The smallest absolute Gasteiger partial charge is 0.385 e. The second-order valence-electron chi connectivity index (χ2n) is 8.95. The van der Waals surface area contributed by atoms with Crippen LogP contribution in [-0.2, 0) is 15.7 Å². The number of rotatable bonds is 10. The van der Waals surface area contributed by atoms with Crippen LogP contribution in [0.4, 0.5) is 24.5 Å². The number of alkyl halides is 3. The first-order valence-electron chi connectivity index (χ1n) is 11.8. The third kappa shape index (κ3) is 8.24. The second kappa shape index (κ2) is 12.1. The molecule has 0 heterocycles. The maximum absolute atomic E-state index is 13.1. The zero-order valence-corrected chi connectivity index (χ0v) is 19.8. The zero-order chi connectivity index (χ0) is 24.6. The SMILES string of the molecule is Cc1ccc(NCCCNC(=O)COC2CCC(Nc3ccc(C)c(C(F)(F)F)c3)CC2)cc1. The van der Waals surface area contributed by atoms with E-state index in [1.54, 1.807) is 6.07 Å². The Kier molecular flexibility index (Phi) is 9.21. The fourth-order valence-electron chi connectivity index (χ4n) is 4.09.